The number of hydrogen-bond acceptors (Lipinski definition) is 2. The van der Waals surface area contributed by atoms with E-state index in [1.54, 1.807) is 17.0 Å². The molecule has 0 aromatic heterocycles. The predicted molar refractivity (Wildman–Crippen MR) is 82.9 cm³/mol. The van der Waals surface area contributed by atoms with Crippen LogP contribution >= 0.6 is 0 Å². The second kappa shape index (κ2) is 7.03. The minimum absolute atomic E-state index is 0.184. The van der Waals surface area contributed by atoms with Crippen molar-refractivity contribution in [2.75, 3.05) is 32.7 Å². The Hall–Kier alpha value is -1.42. The number of carbonyl (C=O) groups is 1. The van der Waals surface area contributed by atoms with Gasteiger partial charge >= 0.3 is 0 Å². The molecule has 0 aliphatic carbocycles. The van der Waals surface area contributed by atoms with Crippen LogP contribution in [0.5, 0.6) is 0 Å². The van der Waals surface area contributed by atoms with Crippen LogP contribution in [0.25, 0.3) is 0 Å². The molecule has 1 aliphatic rings. The van der Waals surface area contributed by atoms with Crippen LogP contribution in [0.1, 0.15) is 36.2 Å². The number of halogens is 1. The topological polar surface area (TPSA) is 23.6 Å². The number of carbonyl (C=O) groups excluding carboxylic acids is 1. The molecule has 0 N–H and O–H groups in total. The van der Waals surface area contributed by atoms with E-state index in [4.69, 9.17) is 0 Å². The molecule has 1 fully saturated rings. The number of nitrogens with zero attached hydrogens (tertiary/aromatic N) is 2. The van der Waals surface area contributed by atoms with Crippen molar-refractivity contribution in [3.05, 3.63) is 35.1 Å². The Bertz CT molecular complexity index is 494. The van der Waals surface area contributed by atoms with E-state index in [0.717, 1.165) is 25.2 Å². The number of piperazine rings is 1. The van der Waals surface area contributed by atoms with Crippen LogP contribution in [0.15, 0.2) is 18.2 Å². The second-order valence-electron chi connectivity index (χ2n) is 6.30. The van der Waals surface area contributed by atoms with E-state index in [1.165, 1.54) is 12.5 Å². The number of amides is 1. The molecule has 1 aliphatic heterocycles. The quantitative estimate of drug-likeness (QED) is 0.852. The van der Waals surface area contributed by atoms with Crippen molar-refractivity contribution in [2.24, 2.45) is 5.92 Å². The predicted octanol–water partition coefficient (Wildman–Crippen LogP) is 2.94. The van der Waals surface area contributed by atoms with E-state index >= 15 is 0 Å². The molecule has 0 saturated carbocycles. The highest BCUT2D eigenvalue weighted by Crippen LogP contribution is 2.14. The van der Waals surface area contributed by atoms with Crippen molar-refractivity contribution >= 4 is 5.91 Å². The summed E-state index contributed by atoms with van der Waals surface area (Å²) in [4.78, 5) is 16.5. The van der Waals surface area contributed by atoms with Gasteiger partial charge in [-0.25, -0.2) is 4.39 Å². The average Bonchev–Trinajstić information content (AvgIpc) is 2.45. The standard InChI is InChI=1S/C17H25FN2O/c1-13(2)6-7-19-8-10-20(11-9-19)17(21)15-5-4-14(3)12-16(15)18/h4-5,12-13H,6-11H2,1-3H3. The lowest BCUT2D eigenvalue weighted by Gasteiger charge is -2.35. The molecular formula is C17H25FN2O. The van der Waals surface area contributed by atoms with Gasteiger partial charge in [0.25, 0.3) is 5.91 Å². The van der Waals surface area contributed by atoms with Gasteiger partial charge in [0.1, 0.15) is 5.82 Å². The Kier molecular flexibility index (Phi) is 5.34. The molecule has 0 spiro atoms. The van der Waals surface area contributed by atoms with Crippen molar-refractivity contribution in [2.45, 2.75) is 27.2 Å². The lowest BCUT2D eigenvalue weighted by atomic mass is 10.1. The Morgan fingerprint density at radius 1 is 1.24 bits per heavy atom. The maximum atomic E-state index is 13.9. The van der Waals surface area contributed by atoms with Crippen LogP contribution in [0, 0.1) is 18.7 Å². The van der Waals surface area contributed by atoms with E-state index in [2.05, 4.69) is 18.7 Å². The summed E-state index contributed by atoms with van der Waals surface area (Å²) in [6.07, 6.45) is 1.18. The highest BCUT2D eigenvalue weighted by atomic mass is 19.1. The van der Waals surface area contributed by atoms with Gasteiger partial charge in [-0.1, -0.05) is 19.9 Å². The molecule has 4 heteroatoms. The van der Waals surface area contributed by atoms with Gasteiger partial charge < -0.3 is 4.90 Å². The SMILES string of the molecule is Cc1ccc(C(=O)N2CCN(CCC(C)C)CC2)c(F)c1. The van der Waals surface area contributed by atoms with E-state index in [-0.39, 0.29) is 11.5 Å². The van der Waals surface area contributed by atoms with Crippen molar-refractivity contribution in [3.8, 4) is 0 Å². The Morgan fingerprint density at radius 2 is 1.90 bits per heavy atom. The lowest BCUT2D eigenvalue weighted by molar-refractivity contribution is 0.0627. The zero-order valence-corrected chi connectivity index (χ0v) is 13.2. The number of aryl methyl sites for hydroxylation is 1. The summed E-state index contributed by atoms with van der Waals surface area (Å²) in [6, 6.07) is 4.81. The van der Waals surface area contributed by atoms with Crippen LogP contribution in [0.3, 0.4) is 0 Å². The minimum atomic E-state index is -0.415. The molecule has 0 atom stereocenters. The molecule has 1 amide bonds. The Labute approximate surface area is 126 Å². The maximum absolute atomic E-state index is 13.9. The molecule has 1 aromatic rings. The van der Waals surface area contributed by atoms with Crippen LogP contribution in [-0.4, -0.2) is 48.4 Å². The normalized spacial score (nSPS) is 16.5. The Morgan fingerprint density at radius 3 is 2.48 bits per heavy atom. The second-order valence-corrected chi connectivity index (χ2v) is 6.30. The summed E-state index contributed by atoms with van der Waals surface area (Å²) in [5.41, 5.74) is 1.03. The van der Waals surface area contributed by atoms with E-state index in [0.29, 0.717) is 19.0 Å². The number of hydrogen-bond donors (Lipinski definition) is 0. The van der Waals surface area contributed by atoms with Gasteiger partial charge in [0.05, 0.1) is 5.56 Å². The highest BCUT2D eigenvalue weighted by molar-refractivity contribution is 5.94. The summed E-state index contributed by atoms with van der Waals surface area (Å²) in [5.74, 6) is 0.101. The first-order valence-corrected chi connectivity index (χ1v) is 7.75. The third kappa shape index (κ3) is 4.27. The summed E-state index contributed by atoms with van der Waals surface area (Å²) in [7, 11) is 0. The van der Waals surface area contributed by atoms with E-state index in [1.807, 2.05) is 6.92 Å². The Balaban J connectivity index is 1.91. The molecule has 0 radical (unpaired) electrons. The molecular weight excluding hydrogens is 267 g/mol. The largest absolute Gasteiger partial charge is 0.336 e. The number of rotatable bonds is 4. The smallest absolute Gasteiger partial charge is 0.256 e. The lowest BCUT2D eigenvalue weighted by Crippen LogP contribution is -2.49. The third-order valence-corrected chi connectivity index (χ3v) is 4.04. The summed E-state index contributed by atoms with van der Waals surface area (Å²) in [6.45, 7) is 10.5. The van der Waals surface area contributed by atoms with Crippen molar-refractivity contribution in [1.82, 2.24) is 9.80 Å². The average molecular weight is 292 g/mol. The summed E-state index contributed by atoms with van der Waals surface area (Å²) < 4.78 is 13.9. The molecule has 1 saturated heterocycles. The zero-order chi connectivity index (χ0) is 15.4. The molecule has 21 heavy (non-hydrogen) atoms. The van der Waals surface area contributed by atoms with Gasteiger partial charge in [-0.05, 0) is 43.5 Å². The molecule has 0 bridgehead atoms. The molecule has 116 valence electrons. The first-order chi connectivity index (χ1) is 9.97. The fourth-order valence-corrected chi connectivity index (χ4v) is 2.58. The number of benzene rings is 1. The monoisotopic (exact) mass is 292 g/mol. The van der Waals surface area contributed by atoms with Gasteiger partial charge in [-0.2, -0.15) is 0 Å². The fraction of sp³-hybridized carbons (Fsp3) is 0.588. The molecule has 2 rings (SSSR count). The maximum Gasteiger partial charge on any atom is 0.256 e. The third-order valence-electron chi connectivity index (χ3n) is 4.04. The van der Waals surface area contributed by atoms with Crippen LogP contribution in [0.4, 0.5) is 4.39 Å². The highest BCUT2D eigenvalue weighted by Gasteiger charge is 2.23. The van der Waals surface area contributed by atoms with Crippen LogP contribution in [0.2, 0.25) is 0 Å². The first kappa shape index (κ1) is 16.0. The summed E-state index contributed by atoms with van der Waals surface area (Å²) >= 11 is 0. The zero-order valence-electron chi connectivity index (χ0n) is 13.2. The van der Waals surface area contributed by atoms with Gasteiger partial charge in [-0.3, -0.25) is 9.69 Å². The van der Waals surface area contributed by atoms with E-state index < -0.39 is 5.82 Å². The molecule has 3 nitrogen and oxygen atoms in total. The van der Waals surface area contributed by atoms with Gasteiger partial charge in [0, 0.05) is 26.2 Å². The van der Waals surface area contributed by atoms with Crippen molar-refractivity contribution in [1.29, 1.82) is 0 Å². The fourth-order valence-electron chi connectivity index (χ4n) is 2.58. The van der Waals surface area contributed by atoms with E-state index in [9.17, 15) is 9.18 Å². The first-order valence-electron chi connectivity index (χ1n) is 7.75. The minimum Gasteiger partial charge on any atom is -0.336 e. The molecule has 0 unspecified atom stereocenters. The van der Waals surface area contributed by atoms with Gasteiger partial charge in [0.2, 0.25) is 0 Å². The molecule has 1 aromatic carbocycles. The summed E-state index contributed by atoms with van der Waals surface area (Å²) in [5, 5.41) is 0. The van der Waals surface area contributed by atoms with Crippen molar-refractivity contribution < 1.29 is 9.18 Å². The van der Waals surface area contributed by atoms with Crippen molar-refractivity contribution in [3.63, 3.8) is 0 Å². The van der Waals surface area contributed by atoms with Crippen LogP contribution < -0.4 is 0 Å². The van der Waals surface area contributed by atoms with Gasteiger partial charge in [-0.15, -0.1) is 0 Å². The van der Waals surface area contributed by atoms with Crippen LogP contribution in [-0.2, 0) is 0 Å². The molecule has 1 heterocycles. The van der Waals surface area contributed by atoms with Gasteiger partial charge in [0.15, 0.2) is 0 Å².